The third kappa shape index (κ3) is 1.66. The van der Waals surface area contributed by atoms with E-state index >= 15 is 0 Å². The van der Waals surface area contributed by atoms with E-state index in [4.69, 9.17) is 0 Å². The molecule has 1 heterocycles. The zero-order valence-electron chi connectivity index (χ0n) is 7.24. The largest absolute Gasteiger partial charge is 0.261 e. The van der Waals surface area contributed by atoms with E-state index in [-0.39, 0.29) is 0 Å². The second kappa shape index (κ2) is 3.70. The Morgan fingerprint density at radius 1 is 1.25 bits per heavy atom. The Labute approximate surface area is 73.8 Å². The topological polar surface area (TPSA) is 12.9 Å². The van der Waals surface area contributed by atoms with Crippen molar-refractivity contribution >= 4 is 0 Å². The van der Waals surface area contributed by atoms with Crippen molar-refractivity contribution in [3.63, 3.8) is 0 Å². The Morgan fingerprint density at radius 3 is 2.92 bits per heavy atom. The van der Waals surface area contributed by atoms with Gasteiger partial charge in [-0.1, -0.05) is 18.9 Å². The molecule has 0 spiro atoms. The second-order valence-corrected chi connectivity index (χ2v) is 3.38. The zero-order chi connectivity index (χ0) is 8.23. The molecule has 0 amide bonds. The maximum atomic E-state index is 4.37. The minimum Gasteiger partial charge on any atom is -0.261 e. The molecule has 0 aliphatic heterocycles. The van der Waals surface area contributed by atoms with Crippen LogP contribution in [0.15, 0.2) is 24.4 Å². The van der Waals surface area contributed by atoms with Gasteiger partial charge in [0.25, 0.3) is 0 Å². The van der Waals surface area contributed by atoms with Crippen molar-refractivity contribution in [2.45, 2.75) is 31.6 Å². The van der Waals surface area contributed by atoms with Crippen LogP contribution in [0.1, 0.15) is 37.3 Å². The normalized spacial score (nSPS) is 19.3. The maximum absolute atomic E-state index is 4.37. The fourth-order valence-corrected chi connectivity index (χ4v) is 1.81. The molecule has 1 atom stereocenters. The Morgan fingerprint density at radius 2 is 2.25 bits per heavy atom. The van der Waals surface area contributed by atoms with Crippen LogP contribution in [0.4, 0.5) is 0 Å². The molecule has 1 aliphatic carbocycles. The quantitative estimate of drug-likeness (QED) is 0.615. The van der Waals surface area contributed by atoms with Crippen molar-refractivity contribution in [1.82, 2.24) is 4.98 Å². The van der Waals surface area contributed by atoms with Gasteiger partial charge in [0, 0.05) is 17.8 Å². The first-order valence-corrected chi connectivity index (χ1v) is 4.71. The summed E-state index contributed by atoms with van der Waals surface area (Å²) in [6.07, 6.45) is 9.57. The molecule has 0 saturated heterocycles. The molecule has 1 aromatic heterocycles. The standard InChI is InChI=1S/C11H14N/c1-2-6-10(7-3-1)11-8-4-5-9-12-11/h4-6,8-10H,1-3,7H2. The van der Waals surface area contributed by atoms with Gasteiger partial charge < -0.3 is 0 Å². The molecule has 1 aromatic rings. The van der Waals surface area contributed by atoms with Gasteiger partial charge in [-0.3, -0.25) is 4.98 Å². The summed E-state index contributed by atoms with van der Waals surface area (Å²) in [6, 6.07) is 6.18. The number of rotatable bonds is 1. The summed E-state index contributed by atoms with van der Waals surface area (Å²) < 4.78 is 0. The van der Waals surface area contributed by atoms with Crippen LogP contribution in [-0.2, 0) is 0 Å². The predicted molar refractivity (Wildman–Crippen MR) is 49.7 cm³/mol. The molecule has 1 radical (unpaired) electrons. The molecule has 1 aliphatic rings. The first kappa shape index (κ1) is 7.78. The van der Waals surface area contributed by atoms with Crippen LogP contribution in [-0.4, -0.2) is 4.98 Å². The van der Waals surface area contributed by atoms with Crippen molar-refractivity contribution < 1.29 is 0 Å². The lowest BCUT2D eigenvalue weighted by Crippen LogP contribution is -2.06. The van der Waals surface area contributed by atoms with Crippen LogP contribution in [0, 0.1) is 6.42 Å². The van der Waals surface area contributed by atoms with Crippen LogP contribution >= 0.6 is 0 Å². The van der Waals surface area contributed by atoms with Crippen molar-refractivity contribution in [2.24, 2.45) is 0 Å². The molecule has 2 rings (SSSR count). The van der Waals surface area contributed by atoms with E-state index in [1.165, 1.54) is 31.4 Å². The number of aromatic nitrogens is 1. The number of hydrogen-bond donors (Lipinski definition) is 0. The Hall–Kier alpha value is -0.850. The highest BCUT2D eigenvalue weighted by Crippen LogP contribution is 2.29. The van der Waals surface area contributed by atoms with Crippen LogP contribution in [0.5, 0.6) is 0 Å². The molecule has 0 aromatic carbocycles. The zero-order valence-corrected chi connectivity index (χ0v) is 7.24. The minimum absolute atomic E-state index is 0.625. The van der Waals surface area contributed by atoms with Gasteiger partial charge in [0.15, 0.2) is 0 Å². The van der Waals surface area contributed by atoms with Crippen molar-refractivity contribution in [3.05, 3.63) is 36.5 Å². The van der Waals surface area contributed by atoms with E-state index < -0.39 is 0 Å². The van der Waals surface area contributed by atoms with Crippen LogP contribution in [0.25, 0.3) is 0 Å². The first-order valence-electron chi connectivity index (χ1n) is 4.71. The lowest BCUT2D eigenvalue weighted by molar-refractivity contribution is 0.526. The molecule has 0 bridgehead atoms. The van der Waals surface area contributed by atoms with E-state index in [1.54, 1.807) is 0 Å². The number of hydrogen-bond acceptors (Lipinski definition) is 1. The SMILES string of the molecule is [CH]1CCCCC1c1ccccn1. The average molecular weight is 160 g/mol. The Bertz CT molecular complexity index is 224. The van der Waals surface area contributed by atoms with Crippen molar-refractivity contribution in [3.8, 4) is 0 Å². The van der Waals surface area contributed by atoms with E-state index in [1.807, 2.05) is 12.3 Å². The lowest BCUT2D eigenvalue weighted by atomic mass is 9.87. The van der Waals surface area contributed by atoms with E-state index in [9.17, 15) is 0 Å². The number of pyridine rings is 1. The number of nitrogens with zero attached hydrogens (tertiary/aromatic N) is 1. The van der Waals surface area contributed by atoms with E-state index in [2.05, 4.69) is 23.5 Å². The molecule has 1 fully saturated rings. The highest BCUT2D eigenvalue weighted by Gasteiger charge is 2.15. The van der Waals surface area contributed by atoms with E-state index in [0.717, 1.165) is 0 Å². The first-order chi connectivity index (χ1) is 5.97. The summed E-state index contributed by atoms with van der Waals surface area (Å²) in [6.45, 7) is 0. The van der Waals surface area contributed by atoms with Crippen LogP contribution < -0.4 is 0 Å². The highest BCUT2D eigenvalue weighted by molar-refractivity contribution is 5.13. The predicted octanol–water partition coefficient (Wildman–Crippen LogP) is 2.94. The Kier molecular flexibility index (Phi) is 2.40. The molecule has 12 heavy (non-hydrogen) atoms. The summed E-state index contributed by atoms with van der Waals surface area (Å²) in [5, 5.41) is 0. The smallest absolute Gasteiger partial charge is 0.0437 e. The van der Waals surface area contributed by atoms with Crippen LogP contribution in [0.3, 0.4) is 0 Å². The second-order valence-electron chi connectivity index (χ2n) is 3.38. The van der Waals surface area contributed by atoms with Gasteiger partial charge in [-0.2, -0.15) is 0 Å². The highest BCUT2D eigenvalue weighted by atomic mass is 14.7. The summed E-state index contributed by atoms with van der Waals surface area (Å²) in [5.41, 5.74) is 1.25. The summed E-state index contributed by atoms with van der Waals surface area (Å²) in [7, 11) is 0. The molecular weight excluding hydrogens is 146 g/mol. The summed E-state index contributed by atoms with van der Waals surface area (Å²) >= 11 is 0. The molecule has 63 valence electrons. The fourth-order valence-electron chi connectivity index (χ4n) is 1.81. The van der Waals surface area contributed by atoms with Gasteiger partial charge in [-0.25, -0.2) is 0 Å². The third-order valence-corrected chi connectivity index (χ3v) is 2.49. The molecule has 1 heteroatoms. The Balaban J connectivity index is 2.08. The van der Waals surface area contributed by atoms with Gasteiger partial charge >= 0.3 is 0 Å². The average Bonchev–Trinajstić information content (AvgIpc) is 2.21. The monoisotopic (exact) mass is 160 g/mol. The van der Waals surface area contributed by atoms with Crippen molar-refractivity contribution in [1.29, 1.82) is 0 Å². The van der Waals surface area contributed by atoms with Gasteiger partial charge in [0.1, 0.15) is 0 Å². The van der Waals surface area contributed by atoms with Gasteiger partial charge in [0.2, 0.25) is 0 Å². The van der Waals surface area contributed by atoms with Crippen LogP contribution in [0.2, 0.25) is 0 Å². The van der Waals surface area contributed by atoms with Crippen molar-refractivity contribution in [2.75, 3.05) is 0 Å². The van der Waals surface area contributed by atoms with Gasteiger partial charge in [0.05, 0.1) is 0 Å². The van der Waals surface area contributed by atoms with Gasteiger partial charge in [-0.15, -0.1) is 0 Å². The summed E-state index contributed by atoms with van der Waals surface area (Å²) in [4.78, 5) is 4.37. The molecule has 1 nitrogen and oxygen atoms in total. The molecule has 1 unspecified atom stereocenters. The fraction of sp³-hybridized carbons (Fsp3) is 0.455. The van der Waals surface area contributed by atoms with E-state index in [0.29, 0.717) is 5.92 Å². The lowest BCUT2D eigenvalue weighted by Gasteiger charge is -2.20. The molecular formula is C11H14N. The maximum Gasteiger partial charge on any atom is 0.0437 e. The molecule has 1 saturated carbocycles. The molecule has 0 N–H and O–H groups in total. The summed E-state index contributed by atoms with van der Waals surface area (Å²) in [5.74, 6) is 0.625. The minimum atomic E-state index is 0.625. The van der Waals surface area contributed by atoms with Gasteiger partial charge in [-0.05, 0) is 31.4 Å². The third-order valence-electron chi connectivity index (χ3n) is 2.49.